The van der Waals surface area contributed by atoms with Crippen molar-refractivity contribution in [3.8, 4) is 0 Å². The predicted molar refractivity (Wildman–Crippen MR) is 81.7 cm³/mol. The Bertz CT molecular complexity index is 771. The molecule has 1 aromatic carbocycles. The SMILES string of the molecule is Cn1c(N)nnc1SCc1cc2ccccc2nc1Cl. The summed E-state index contributed by atoms with van der Waals surface area (Å²) < 4.78 is 1.74. The van der Waals surface area contributed by atoms with Crippen LogP contribution in [-0.4, -0.2) is 19.7 Å². The summed E-state index contributed by atoms with van der Waals surface area (Å²) in [7, 11) is 1.83. The van der Waals surface area contributed by atoms with Gasteiger partial charge in [0.15, 0.2) is 5.16 Å². The molecule has 20 heavy (non-hydrogen) atoms. The molecule has 3 aromatic rings. The first-order chi connectivity index (χ1) is 9.65. The quantitative estimate of drug-likeness (QED) is 0.595. The highest BCUT2D eigenvalue weighted by atomic mass is 35.5. The predicted octanol–water partition coefficient (Wildman–Crippen LogP) is 2.89. The van der Waals surface area contributed by atoms with Crippen LogP contribution in [0, 0.1) is 0 Å². The molecular formula is C13H12ClN5S. The molecule has 0 spiro atoms. The number of hydrogen-bond acceptors (Lipinski definition) is 5. The molecule has 7 heteroatoms. The number of pyridine rings is 1. The zero-order valence-electron chi connectivity index (χ0n) is 10.7. The molecule has 2 aromatic heterocycles. The van der Waals surface area contributed by atoms with E-state index in [1.165, 1.54) is 11.8 Å². The maximum absolute atomic E-state index is 6.22. The number of nitrogen functional groups attached to an aromatic ring is 1. The highest BCUT2D eigenvalue weighted by molar-refractivity contribution is 7.98. The molecule has 0 saturated carbocycles. The Kier molecular flexibility index (Phi) is 3.50. The van der Waals surface area contributed by atoms with Crippen LogP contribution in [0.5, 0.6) is 0 Å². The van der Waals surface area contributed by atoms with Gasteiger partial charge in [0.25, 0.3) is 0 Å². The fraction of sp³-hybridized carbons (Fsp3) is 0.154. The average molecular weight is 306 g/mol. The van der Waals surface area contributed by atoms with Crippen molar-refractivity contribution in [2.75, 3.05) is 5.73 Å². The van der Waals surface area contributed by atoms with Crippen molar-refractivity contribution in [3.63, 3.8) is 0 Å². The number of para-hydroxylation sites is 1. The molecule has 0 amide bonds. The summed E-state index contributed by atoms with van der Waals surface area (Å²) in [5, 5.41) is 10.2. The standard InChI is InChI=1S/C13H12ClN5S/c1-19-12(15)17-18-13(19)20-7-9-6-8-4-2-3-5-10(8)16-11(9)14/h2-6H,7H2,1H3,(H2,15,17). The van der Waals surface area contributed by atoms with E-state index in [1.807, 2.05) is 31.3 Å². The molecule has 0 aliphatic heterocycles. The van der Waals surface area contributed by atoms with Crippen LogP contribution < -0.4 is 5.73 Å². The van der Waals surface area contributed by atoms with Gasteiger partial charge in [0, 0.05) is 23.8 Å². The lowest BCUT2D eigenvalue weighted by Crippen LogP contribution is -1.98. The molecule has 0 radical (unpaired) electrons. The first-order valence-corrected chi connectivity index (χ1v) is 7.33. The van der Waals surface area contributed by atoms with Gasteiger partial charge < -0.3 is 5.73 Å². The van der Waals surface area contributed by atoms with Gasteiger partial charge in [-0.1, -0.05) is 41.6 Å². The van der Waals surface area contributed by atoms with Crippen LogP contribution in [-0.2, 0) is 12.8 Å². The average Bonchev–Trinajstić information content (AvgIpc) is 2.76. The van der Waals surface area contributed by atoms with Gasteiger partial charge in [0.1, 0.15) is 5.15 Å². The van der Waals surface area contributed by atoms with Crippen molar-refractivity contribution in [2.45, 2.75) is 10.9 Å². The van der Waals surface area contributed by atoms with Gasteiger partial charge in [-0.25, -0.2) is 4.98 Å². The van der Waals surface area contributed by atoms with Gasteiger partial charge in [0.2, 0.25) is 5.95 Å². The van der Waals surface area contributed by atoms with Crippen LogP contribution in [0.1, 0.15) is 5.56 Å². The summed E-state index contributed by atoms with van der Waals surface area (Å²) in [5.74, 6) is 1.07. The Morgan fingerprint density at radius 2 is 2.10 bits per heavy atom. The molecule has 2 heterocycles. The summed E-state index contributed by atoms with van der Waals surface area (Å²) in [5.41, 5.74) is 7.52. The number of rotatable bonds is 3. The van der Waals surface area contributed by atoms with Crippen LogP contribution in [0.2, 0.25) is 5.15 Å². The molecule has 0 saturated heterocycles. The van der Waals surface area contributed by atoms with Crippen molar-refractivity contribution in [2.24, 2.45) is 7.05 Å². The van der Waals surface area contributed by atoms with Gasteiger partial charge in [-0.05, 0) is 12.1 Å². The Balaban J connectivity index is 1.87. The van der Waals surface area contributed by atoms with Crippen molar-refractivity contribution < 1.29 is 0 Å². The normalized spacial score (nSPS) is 11.1. The third-order valence-corrected chi connectivity index (χ3v) is 4.37. The molecule has 3 rings (SSSR count). The number of nitrogens with zero attached hydrogens (tertiary/aromatic N) is 4. The minimum atomic E-state index is 0.398. The monoisotopic (exact) mass is 305 g/mol. The van der Waals surface area contributed by atoms with Crippen molar-refractivity contribution in [1.29, 1.82) is 0 Å². The largest absolute Gasteiger partial charge is 0.368 e. The van der Waals surface area contributed by atoms with Gasteiger partial charge in [0.05, 0.1) is 5.52 Å². The molecule has 0 aliphatic carbocycles. The first-order valence-electron chi connectivity index (χ1n) is 5.97. The van der Waals surface area contributed by atoms with E-state index in [9.17, 15) is 0 Å². The number of hydrogen-bond donors (Lipinski definition) is 1. The fourth-order valence-corrected chi connectivity index (χ4v) is 3.01. The van der Waals surface area contributed by atoms with E-state index in [2.05, 4.69) is 21.2 Å². The fourth-order valence-electron chi connectivity index (χ4n) is 1.83. The van der Waals surface area contributed by atoms with Gasteiger partial charge in [-0.2, -0.15) is 0 Å². The molecule has 0 bridgehead atoms. The summed E-state index contributed by atoms with van der Waals surface area (Å²) in [6, 6.07) is 9.95. The lowest BCUT2D eigenvalue weighted by atomic mass is 10.2. The maximum atomic E-state index is 6.22. The van der Waals surface area contributed by atoms with Crippen LogP contribution in [0.25, 0.3) is 10.9 Å². The van der Waals surface area contributed by atoms with E-state index in [1.54, 1.807) is 4.57 Å². The molecule has 0 unspecified atom stereocenters. The number of fused-ring (bicyclic) bond motifs is 1. The number of benzene rings is 1. The number of aromatic nitrogens is 4. The summed E-state index contributed by atoms with van der Waals surface area (Å²) in [6.07, 6.45) is 0. The third-order valence-electron chi connectivity index (χ3n) is 2.98. The van der Waals surface area contributed by atoms with Crippen LogP contribution in [0.15, 0.2) is 35.5 Å². The number of thioether (sulfide) groups is 1. The maximum Gasteiger partial charge on any atom is 0.222 e. The molecular weight excluding hydrogens is 294 g/mol. The zero-order chi connectivity index (χ0) is 14.1. The summed E-state index contributed by atoms with van der Waals surface area (Å²) in [6.45, 7) is 0. The molecule has 0 aliphatic rings. The van der Waals surface area contributed by atoms with E-state index in [4.69, 9.17) is 17.3 Å². The third kappa shape index (κ3) is 2.44. The van der Waals surface area contributed by atoms with Crippen LogP contribution in [0.4, 0.5) is 5.95 Å². The molecule has 0 fully saturated rings. The highest BCUT2D eigenvalue weighted by Gasteiger charge is 2.09. The summed E-state index contributed by atoms with van der Waals surface area (Å²) in [4.78, 5) is 4.40. The van der Waals surface area contributed by atoms with E-state index in [0.29, 0.717) is 16.9 Å². The second-order valence-corrected chi connectivity index (χ2v) is 5.62. The van der Waals surface area contributed by atoms with Crippen molar-refractivity contribution >= 4 is 40.2 Å². The number of nitrogens with two attached hydrogens (primary N) is 1. The van der Waals surface area contributed by atoms with Gasteiger partial charge in [-0.15, -0.1) is 10.2 Å². The molecule has 2 N–H and O–H groups in total. The molecule has 5 nitrogen and oxygen atoms in total. The summed E-state index contributed by atoms with van der Waals surface area (Å²) >= 11 is 7.75. The molecule has 0 atom stereocenters. The van der Waals surface area contributed by atoms with Gasteiger partial charge in [-0.3, -0.25) is 4.57 Å². The number of halogens is 1. The highest BCUT2D eigenvalue weighted by Crippen LogP contribution is 2.27. The van der Waals surface area contributed by atoms with E-state index < -0.39 is 0 Å². The minimum Gasteiger partial charge on any atom is -0.368 e. The lowest BCUT2D eigenvalue weighted by molar-refractivity contribution is 0.796. The smallest absolute Gasteiger partial charge is 0.222 e. The Morgan fingerprint density at radius 1 is 1.30 bits per heavy atom. The van der Waals surface area contributed by atoms with Crippen molar-refractivity contribution in [1.82, 2.24) is 19.7 Å². The van der Waals surface area contributed by atoms with E-state index >= 15 is 0 Å². The Morgan fingerprint density at radius 3 is 2.85 bits per heavy atom. The second kappa shape index (κ2) is 5.30. The zero-order valence-corrected chi connectivity index (χ0v) is 12.3. The first kappa shape index (κ1) is 13.2. The van der Waals surface area contributed by atoms with E-state index in [-0.39, 0.29) is 0 Å². The van der Waals surface area contributed by atoms with Crippen LogP contribution in [0.3, 0.4) is 0 Å². The van der Waals surface area contributed by atoms with Crippen LogP contribution >= 0.6 is 23.4 Å². The Hall–Kier alpha value is -1.79. The Labute approximate surface area is 125 Å². The minimum absolute atomic E-state index is 0.398. The van der Waals surface area contributed by atoms with Gasteiger partial charge >= 0.3 is 0 Å². The molecule has 102 valence electrons. The lowest BCUT2D eigenvalue weighted by Gasteiger charge is -2.05. The topological polar surface area (TPSA) is 69.6 Å². The number of anilines is 1. The van der Waals surface area contributed by atoms with Crippen molar-refractivity contribution in [3.05, 3.63) is 41.0 Å². The van der Waals surface area contributed by atoms with E-state index in [0.717, 1.165) is 21.6 Å². The second-order valence-electron chi connectivity index (χ2n) is 4.32.